The molecule has 0 bridgehead atoms. The van der Waals surface area contributed by atoms with Gasteiger partial charge in [-0.25, -0.2) is 12.7 Å². The van der Waals surface area contributed by atoms with Gasteiger partial charge in [-0.1, -0.05) is 22.0 Å². The molecule has 0 saturated heterocycles. The highest BCUT2D eigenvalue weighted by molar-refractivity contribution is 9.10. The molecule has 60 valence electrons. The summed E-state index contributed by atoms with van der Waals surface area (Å²) in [5.74, 6) is 0. The molecule has 0 amide bonds. The number of halogens is 1. The van der Waals surface area contributed by atoms with Crippen LogP contribution in [0.25, 0.3) is 0 Å². The molecule has 0 radical (unpaired) electrons. The Hall–Kier alpha value is 0.130. The van der Waals surface area contributed by atoms with E-state index >= 15 is 0 Å². The van der Waals surface area contributed by atoms with Crippen LogP contribution in [0.3, 0.4) is 0 Å². The largest absolute Gasteiger partial charge is 0.224 e. The topological polar surface area (TPSA) is 37.4 Å². The zero-order chi connectivity index (χ0) is 8.20. The molecule has 0 aliphatic heterocycles. The molecule has 0 unspecified atom stereocenters. The molecule has 0 rings (SSSR count). The SMILES string of the molecule is C=CCN(C)S(=O)(=O)CBr. The molecular formula is C5H10BrNO2S. The molecule has 0 aliphatic carbocycles. The first-order valence-electron chi connectivity index (χ1n) is 2.65. The first-order chi connectivity index (χ1) is 4.54. The first kappa shape index (κ1) is 10.1. The van der Waals surface area contributed by atoms with Crippen molar-refractivity contribution in [1.29, 1.82) is 0 Å². The molecule has 0 aliphatic rings. The van der Waals surface area contributed by atoms with Crippen molar-refractivity contribution in [1.82, 2.24) is 4.31 Å². The molecule has 0 atom stereocenters. The minimum Gasteiger partial charge on any atom is -0.211 e. The van der Waals surface area contributed by atoms with Crippen LogP contribution in [-0.4, -0.2) is 31.0 Å². The molecule has 0 fully saturated rings. The quantitative estimate of drug-likeness (QED) is 0.527. The van der Waals surface area contributed by atoms with Gasteiger partial charge in [0.25, 0.3) is 0 Å². The van der Waals surface area contributed by atoms with Crippen molar-refractivity contribution < 1.29 is 8.42 Å². The fraction of sp³-hybridized carbons (Fsp3) is 0.600. The number of alkyl halides is 1. The predicted molar refractivity (Wildman–Crippen MR) is 45.5 cm³/mol. The molecule has 3 nitrogen and oxygen atoms in total. The smallest absolute Gasteiger partial charge is 0.211 e. The second-order valence-electron chi connectivity index (χ2n) is 1.79. The van der Waals surface area contributed by atoms with Crippen molar-refractivity contribution in [2.45, 2.75) is 0 Å². The Morgan fingerprint density at radius 1 is 1.70 bits per heavy atom. The summed E-state index contributed by atoms with van der Waals surface area (Å²) in [7, 11) is -1.57. The summed E-state index contributed by atoms with van der Waals surface area (Å²) in [5, 5.41) is 0. The molecule has 0 aromatic heterocycles. The predicted octanol–water partition coefficient (Wildman–Crippen LogP) is 0.786. The summed E-state index contributed by atoms with van der Waals surface area (Å²) in [6.45, 7) is 3.78. The molecule has 10 heavy (non-hydrogen) atoms. The van der Waals surface area contributed by atoms with E-state index < -0.39 is 10.0 Å². The highest BCUT2D eigenvalue weighted by atomic mass is 79.9. The van der Waals surface area contributed by atoms with Crippen LogP contribution in [0.2, 0.25) is 0 Å². The number of nitrogens with zero attached hydrogens (tertiary/aromatic N) is 1. The van der Waals surface area contributed by atoms with E-state index in [0.29, 0.717) is 6.54 Å². The van der Waals surface area contributed by atoms with Crippen LogP contribution in [0.5, 0.6) is 0 Å². The van der Waals surface area contributed by atoms with E-state index in [1.807, 2.05) is 0 Å². The van der Waals surface area contributed by atoms with Crippen LogP contribution in [0, 0.1) is 0 Å². The fourth-order valence-electron chi connectivity index (χ4n) is 0.379. The van der Waals surface area contributed by atoms with Crippen molar-refractivity contribution in [2.24, 2.45) is 0 Å². The Labute approximate surface area is 69.9 Å². The van der Waals surface area contributed by atoms with Gasteiger partial charge in [-0.2, -0.15) is 0 Å². The van der Waals surface area contributed by atoms with E-state index in [2.05, 4.69) is 22.5 Å². The lowest BCUT2D eigenvalue weighted by molar-refractivity contribution is 0.505. The molecule has 0 N–H and O–H groups in total. The van der Waals surface area contributed by atoms with E-state index in [-0.39, 0.29) is 4.66 Å². The van der Waals surface area contributed by atoms with Gasteiger partial charge in [-0.15, -0.1) is 6.58 Å². The fourth-order valence-corrected chi connectivity index (χ4v) is 1.93. The molecule has 0 aromatic rings. The lowest BCUT2D eigenvalue weighted by atomic mass is 10.6. The summed E-state index contributed by atoms with van der Waals surface area (Å²) in [6.07, 6.45) is 1.54. The Bertz CT molecular complexity index is 200. The minimum atomic E-state index is -3.08. The maximum atomic E-state index is 10.9. The van der Waals surface area contributed by atoms with Gasteiger partial charge in [-0.3, -0.25) is 0 Å². The normalized spacial score (nSPS) is 11.9. The van der Waals surface area contributed by atoms with Crippen molar-refractivity contribution >= 4 is 26.0 Å². The third-order valence-electron chi connectivity index (χ3n) is 0.999. The van der Waals surface area contributed by atoms with Gasteiger partial charge in [0, 0.05) is 13.6 Å². The van der Waals surface area contributed by atoms with Crippen LogP contribution >= 0.6 is 15.9 Å². The van der Waals surface area contributed by atoms with Crippen molar-refractivity contribution in [3.63, 3.8) is 0 Å². The maximum absolute atomic E-state index is 10.9. The molecule has 0 heterocycles. The average Bonchev–Trinajstić information content (AvgIpc) is 1.89. The highest BCUT2D eigenvalue weighted by Crippen LogP contribution is 2.00. The third-order valence-corrected chi connectivity index (χ3v) is 4.11. The van der Waals surface area contributed by atoms with Gasteiger partial charge < -0.3 is 0 Å². The summed E-state index contributed by atoms with van der Waals surface area (Å²) in [5.41, 5.74) is 0. The lowest BCUT2D eigenvalue weighted by Gasteiger charge is -2.11. The van der Waals surface area contributed by atoms with Crippen LogP contribution in [-0.2, 0) is 10.0 Å². The summed E-state index contributed by atoms with van der Waals surface area (Å²) >= 11 is 2.88. The number of hydrogen-bond acceptors (Lipinski definition) is 2. The molecule has 5 heteroatoms. The maximum Gasteiger partial charge on any atom is 0.224 e. The Morgan fingerprint density at radius 2 is 2.20 bits per heavy atom. The molecular weight excluding hydrogens is 218 g/mol. The Morgan fingerprint density at radius 3 is 2.50 bits per heavy atom. The van der Waals surface area contributed by atoms with E-state index in [9.17, 15) is 8.42 Å². The zero-order valence-corrected chi connectivity index (χ0v) is 8.15. The second kappa shape index (κ2) is 4.10. The van der Waals surface area contributed by atoms with E-state index in [0.717, 1.165) is 0 Å². The van der Waals surface area contributed by atoms with E-state index in [1.165, 1.54) is 11.4 Å². The number of rotatable bonds is 4. The van der Waals surface area contributed by atoms with Crippen LogP contribution in [0.1, 0.15) is 0 Å². The monoisotopic (exact) mass is 227 g/mol. The second-order valence-corrected chi connectivity index (χ2v) is 5.17. The molecule has 0 saturated carbocycles. The standard InChI is InChI=1S/C5H10BrNO2S/c1-3-4-7(2)10(8,9)5-6/h3H,1,4-5H2,2H3. The van der Waals surface area contributed by atoms with Gasteiger partial charge in [0.1, 0.15) is 4.66 Å². The zero-order valence-electron chi connectivity index (χ0n) is 5.75. The van der Waals surface area contributed by atoms with Crippen molar-refractivity contribution in [3.05, 3.63) is 12.7 Å². The Kier molecular flexibility index (Phi) is 4.15. The van der Waals surface area contributed by atoms with Gasteiger partial charge in [0.2, 0.25) is 10.0 Å². The summed E-state index contributed by atoms with van der Waals surface area (Å²) in [4.78, 5) is 0. The molecule has 0 spiro atoms. The average molecular weight is 228 g/mol. The van der Waals surface area contributed by atoms with Crippen LogP contribution < -0.4 is 0 Å². The van der Waals surface area contributed by atoms with Gasteiger partial charge in [-0.05, 0) is 0 Å². The van der Waals surface area contributed by atoms with Gasteiger partial charge in [0.15, 0.2) is 0 Å². The van der Waals surface area contributed by atoms with Crippen LogP contribution in [0.15, 0.2) is 12.7 Å². The first-order valence-corrected chi connectivity index (χ1v) is 5.38. The van der Waals surface area contributed by atoms with Crippen molar-refractivity contribution in [3.8, 4) is 0 Å². The number of sulfonamides is 1. The van der Waals surface area contributed by atoms with Crippen molar-refractivity contribution in [2.75, 3.05) is 18.3 Å². The minimum absolute atomic E-state index is 0.0374. The lowest BCUT2D eigenvalue weighted by Crippen LogP contribution is -2.27. The van der Waals surface area contributed by atoms with E-state index in [4.69, 9.17) is 0 Å². The molecule has 0 aromatic carbocycles. The summed E-state index contributed by atoms with van der Waals surface area (Å²) < 4.78 is 23.0. The van der Waals surface area contributed by atoms with Crippen LogP contribution in [0.4, 0.5) is 0 Å². The number of hydrogen-bond donors (Lipinski definition) is 0. The van der Waals surface area contributed by atoms with Gasteiger partial charge in [0.05, 0.1) is 0 Å². The van der Waals surface area contributed by atoms with Gasteiger partial charge >= 0.3 is 0 Å². The Balaban J connectivity index is 4.19. The number of likely N-dealkylation sites (N-methyl/N-ethyl adjacent to an activating group) is 1. The third kappa shape index (κ3) is 2.81. The van der Waals surface area contributed by atoms with E-state index in [1.54, 1.807) is 6.08 Å². The summed E-state index contributed by atoms with van der Waals surface area (Å²) in [6, 6.07) is 0. The highest BCUT2D eigenvalue weighted by Gasteiger charge is 2.13.